The SMILES string of the molecule is Cn1cnc(CC(=O)N2CCCC2C(N)=O)c1. The summed E-state index contributed by atoms with van der Waals surface area (Å²) in [4.78, 5) is 28.9. The summed E-state index contributed by atoms with van der Waals surface area (Å²) in [6.07, 6.45) is 5.18. The fourth-order valence-electron chi connectivity index (χ4n) is 2.18. The summed E-state index contributed by atoms with van der Waals surface area (Å²) in [5.74, 6) is -0.498. The number of likely N-dealkylation sites (tertiary alicyclic amines) is 1. The van der Waals surface area contributed by atoms with Gasteiger partial charge < -0.3 is 15.2 Å². The van der Waals surface area contributed by atoms with Gasteiger partial charge in [-0.2, -0.15) is 0 Å². The number of nitrogens with zero attached hydrogens (tertiary/aromatic N) is 3. The highest BCUT2D eigenvalue weighted by atomic mass is 16.2. The van der Waals surface area contributed by atoms with Crippen molar-refractivity contribution >= 4 is 11.8 Å². The largest absolute Gasteiger partial charge is 0.368 e. The van der Waals surface area contributed by atoms with Gasteiger partial charge >= 0.3 is 0 Å². The number of hydrogen-bond acceptors (Lipinski definition) is 3. The van der Waals surface area contributed by atoms with Crippen LogP contribution in [0.4, 0.5) is 0 Å². The first-order valence-corrected chi connectivity index (χ1v) is 5.63. The van der Waals surface area contributed by atoms with Crippen LogP contribution in [0.3, 0.4) is 0 Å². The number of aryl methyl sites for hydroxylation is 1. The van der Waals surface area contributed by atoms with Crippen molar-refractivity contribution in [2.24, 2.45) is 12.8 Å². The van der Waals surface area contributed by atoms with E-state index in [-0.39, 0.29) is 12.3 Å². The van der Waals surface area contributed by atoms with E-state index < -0.39 is 11.9 Å². The van der Waals surface area contributed by atoms with Gasteiger partial charge in [0.2, 0.25) is 11.8 Å². The predicted molar refractivity (Wildman–Crippen MR) is 60.8 cm³/mol. The summed E-state index contributed by atoms with van der Waals surface area (Å²) in [5, 5.41) is 0. The Hall–Kier alpha value is -1.85. The molecule has 1 fully saturated rings. The molecule has 17 heavy (non-hydrogen) atoms. The lowest BCUT2D eigenvalue weighted by molar-refractivity contribution is -0.136. The quantitative estimate of drug-likeness (QED) is 0.763. The zero-order valence-corrected chi connectivity index (χ0v) is 9.80. The maximum atomic E-state index is 12.0. The first-order chi connectivity index (χ1) is 8.08. The summed E-state index contributed by atoms with van der Waals surface area (Å²) in [5.41, 5.74) is 5.99. The van der Waals surface area contributed by atoms with Crippen LogP contribution >= 0.6 is 0 Å². The third kappa shape index (κ3) is 2.46. The van der Waals surface area contributed by atoms with Crippen molar-refractivity contribution in [3.63, 3.8) is 0 Å². The number of amides is 2. The molecule has 2 N–H and O–H groups in total. The molecule has 92 valence electrons. The molecule has 1 atom stereocenters. The molecule has 2 heterocycles. The number of aromatic nitrogens is 2. The van der Waals surface area contributed by atoms with E-state index in [1.807, 2.05) is 7.05 Å². The first kappa shape index (κ1) is 11.6. The number of rotatable bonds is 3. The highest BCUT2D eigenvalue weighted by Gasteiger charge is 2.32. The van der Waals surface area contributed by atoms with E-state index in [0.29, 0.717) is 18.7 Å². The molecule has 0 saturated carbocycles. The first-order valence-electron chi connectivity index (χ1n) is 5.63. The molecule has 0 bridgehead atoms. The van der Waals surface area contributed by atoms with Crippen LogP contribution in [0.15, 0.2) is 12.5 Å². The lowest BCUT2D eigenvalue weighted by Crippen LogP contribution is -2.44. The zero-order chi connectivity index (χ0) is 12.4. The van der Waals surface area contributed by atoms with E-state index in [1.54, 1.807) is 22.0 Å². The highest BCUT2D eigenvalue weighted by molar-refractivity contribution is 5.87. The van der Waals surface area contributed by atoms with Gasteiger partial charge in [0.05, 0.1) is 18.4 Å². The molecule has 2 rings (SSSR count). The van der Waals surface area contributed by atoms with Gasteiger partial charge in [-0.3, -0.25) is 9.59 Å². The van der Waals surface area contributed by atoms with Crippen LogP contribution in [0.25, 0.3) is 0 Å². The highest BCUT2D eigenvalue weighted by Crippen LogP contribution is 2.17. The number of primary amides is 1. The summed E-state index contributed by atoms with van der Waals surface area (Å²) in [6, 6.07) is -0.439. The molecule has 0 aliphatic carbocycles. The summed E-state index contributed by atoms with van der Waals surface area (Å²) in [6.45, 7) is 0.610. The molecule has 1 aliphatic heterocycles. The van der Waals surface area contributed by atoms with Crippen molar-refractivity contribution in [3.8, 4) is 0 Å². The molecule has 1 unspecified atom stereocenters. The van der Waals surface area contributed by atoms with Crippen LogP contribution in [-0.4, -0.2) is 38.9 Å². The van der Waals surface area contributed by atoms with Crippen molar-refractivity contribution in [2.75, 3.05) is 6.54 Å². The molecule has 1 aliphatic rings. The topological polar surface area (TPSA) is 81.2 Å². The zero-order valence-electron chi connectivity index (χ0n) is 9.80. The Morgan fingerprint density at radius 2 is 2.35 bits per heavy atom. The number of hydrogen-bond donors (Lipinski definition) is 1. The molecule has 2 amide bonds. The lowest BCUT2D eigenvalue weighted by atomic mass is 10.2. The summed E-state index contributed by atoms with van der Waals surface area (Å²) in [7, 11) is 1.85. The van der Waals surface area contributed by atoms with Crippen LogP contribution in [0.1, 0.15) is 18.5 Å². The molecule has 0 spiro atoms. The maximum Gasteiger partial charge on any atom is 0.240 e. The Kier molecular flexibility index (Phi) is 3.12. The van der Waals surface area contributed by atoms with E-state index in [1.165, 1.54) is 0 Å². The van der Waals surface area contributed by atoms with Gasteiger partial charge in [-0.15, -0.1) is 0 Å². The minimum absolute atomic E-state index is 0.0787. The Labute approximate surface area is 99.4 Å². The molecule has 1 saturated heterocycles. The number of nitrogens with two attached hydrogens (primary N) is 1. The van der Waals surface area contributed by atoms with Gasteiger partial charge in [0, 0.05) is 19.8 Å². The van der Waals surface area contributed by atoms with Gasteiger partial charge in [0.25, 0.3) is 0 Å². The van der Waals surface area contributed by atoms with E-state index in [2.05, 4.69) is 4.98 Å². The molecule has 1 aromatic rings. The summed E-state index contributed by atoms with van der Waals surface area (Å²) >= 11 is 0. The summed E-state index contributed by atoms with van der Waals surface area (Å²) < 4.78 is 1.79. The molecule has 0 aromatic carbocycles. The minimum atomic E-state index is -0.439. The predicted octanol–water partition coefficient (Wildman–Crippen LogP) is -0.561. The van der Waals surface area contributed by atoms with Crippen LogP contribution in [0, 0.1) is 0 Å². The molecule has 6 nitrogen and oxygen atoms in total. The fourth-order valence-corrected chi connectivity index (χ4v) is 2.18. The smallest absolute Gasteiger partial charge is 0.240 e. The normalized spacial score (nSPS) is 19.6. The van der Waals surface area contributed by atoms with Gasteiger partial charge in [-0.25, -0.2) is 4.98 Å². The lowest BCUT2D eigenvalue weighted by Gasteiger charge is -2.21. The van der Waals surface area contributed by atoms with Gasteiger partial charge in [0.15, 0.2) is 0 Å². The second-order valence-corrected chi connectivity index (χ2v) is 4.35. The van der Waals surface area contributed by atoms with Crippen molar-refractivity contribution in [2.45, 2.75) is 25.3 Å². The molecule has 6 heteroatoms. The van der Waals surface area contributed by atoms with E-state index >= 15 is 0 Å². The van der Waals surface area contributed by atoms with Crippen molar-refractivity contribution in [1.29, 1.82) is 0 Å². The Morgan fingerprint density at radius 1 is 1.59 bits per heavy atom. The van der Waals surface area contributed by atoms with Gasteiger partial charge in [0.1, 0.15) is 6.04 Å². The van der Waals surface area contributed by atoms with E-state index in [4.69, 9.17) is 5.73 Å². The van der Waals surface area contributed by atoms with Crippen LogP contribution in [0.2, 0.25) is 0 Å². The maximum absolute atomic E-state index is 12.0. The molecular weight excluding hydrogens is 220 g/mol. The van der Waals surface area contributed by atoms with Gasteiger partial charge in [-0.1, -0.05) is 0 Å². The average Bonchev–Trinajstić information content (AvgIpc) is 2.86. The standard InChI is InChI=1S/C11H16N4O2/c1-14-6-8(13-7-14)5-10(16)15-4-2-3-9(15)11(12)17/h6-7,9H,2-5H2,1H3,(H2,12,17). The Balaban J connectivity index is 2.02. The van der Waals surface area contributed by atoms with Crippen LogP contribution < -0.4 is 5.73 Å². The average molecular weight is 236 g/mol. The molecule has 0 radical (unpaired) electrons. The van der Waals surface area contributed by atoms with Crippen LogP contribution in [0.5, 0.6) is 0 Å². The fraction of sp³-hybridized carbons (Fsp3) is 0.545. The third-order valence-corrected chi connectivity index (χ3v) is 2.99. The van der Waals surface area contributed by atoms with E-state index in [9.17, 15) is 9.59 Å². The van der Waals surface area contributed by atoms with Crippen molar-refractivity contribution in [1.82, 2.24) is 14.5 Å². The second kappa shape index (κ2) is 4.57. The van der Waals surface area contributed by atoms with E-state index in [0.717, 1.165) is 6.42 Å². The monoisotopic (exact) mass is 236 g/mol. The number of carbonyl (C=O) groups excluding carboxylic acids is 2. The Bertz CT molecular complexity index is 440. The van der Waals surface area contributed by atoms with Crippen molar-refractivity contribution < 1.29 is 9.59 Å². The number of imidazole rings is 1. The minimum Gasteiger partial charge on any atom is -0.368 e. The molecular formula is C11H16N4O2. The van der Waals surface area contributed by atoms with Crippen LogP contribution in [-0.2, 0) is 23.1 Å². The van der Waals surface area contributed by atoms with Gasteiger partial charge in [-0.05, 0) is 12.8 Å². The second-order valence-electron chi connectivity index (χ2n) is 4.35. The Morgan fingerprint density at radius 3 is 2.94 bits per heavy atom. The van der Waals surface area contributed by atoms with Crippen molar-refractivity contribution in [3.05, 3.63) is 18.2 Å². The number of carbonyl (C=O) groups is 2. The third-order valence-electron chi connectivity index (χ3n) is 2.99. The molecule has 1 aromatic heterocycles.